The van der Waals surface area contributed by atoms with Crippen molar-refractivity contribution in [1.82, 2.24) is 24.8 Å². The number of aryl methyl sites for hydroxylation is 1. The minimum absolute atomic E-state index is 0.204. The number of nitrogen functional groups attached to an aromatic ring is 1. The van der Waals surface area contributed by atoms with Crippen molar-refractivity contribution in [1.29, 1.82) is 5.26 Å². The first-order valence-electron chi connectivity index (χ1n) is 10.7. The molecule has 1 saturated heterocycles. The third kappa shape index (κ3) is 5.19. The molecule has 162 valence electrons. The van der Waals surface area contributed by atoms with Crippen LogP contribution in [0.2, 0.25) is 0 Å². The second-order valence-corrected chi connectivity index (χ2v) is 7.84. The van der Waals surface area contributed by atoms with Gasteiger partial charge >= 0.3 is 6.01 Å². The summed E-state index contributed by atoms with van der Waals surface area (Å²) in [6.45, 7) is 5.65. The van der Waals surface area contributed by atoms with Gasteiger partial charge in [-0.3, -0.25) is 9.69 Å². The number of unbranched alkanes of at least 4 members (excludes halogenated alkanes) is 3. The Morgan fingerprint density at radius 2 is 2.07 bits per heavy atom. The van der Waals surface area contributed by atoms with Gasteiger partial charge in [0.15, 0.2) is 5.82 Å². The molecule has 0 radical (unpaired) electrons. The van der Waals surface area contributed by atoms with Gasteiger partial charge in [-0.1, -0.05) is 19.8 Å². The highest BCUT2D eigenvalue weighted by molar-refractivity contribution is 5.89. The molecular weight excluding hydrogens is 382 g/mol. The fourth-order valence-corrected chi connectivity index (χ4v) is 3.67. The number of aromatic amines is 1. The molecule has 1 amide bonds. The van der Waals surface area contributed by atoms with Gasteiger partial charge in [-0.25, -0.2) is 0 Å². The van der Waals surface area contributed by atoms with Gasteiger partial charge in [0.05, 0.1) is 13.2 Å². The van der Waals surface area contributed by atoms with Crippen molar-refractivity contribution >= 4 is 22.8 Å². The number of hydrogen-bond donors (Lipinski definition) is 2. The quantitative estimate of drug-likeness (QED) is 0.571. The van der Waals surface area contributed by atoms with E-state index in [2.05, 4.69) is 27.9 Å². The number of nitriles is 1. The Bertz CT molecular complexity index is 918. The number of anilines is 1. The molecular formula is C21H31N7O2. The van der Waals surface area contributed by atoms with E-state index in [4.69, 9.17) is 10.5 Å². The predicted octanol–water partition coefficient (Wildman–Crippen LogP) is 2.08. The van der Waals surface area contributed by atoms with Crippen LogP contribution in [-0.2, 0) is 11.2 Å². The topological polar surface area (TPSA) is 124 Å². The van der Waals surface area contributed by atoms with E-state index < -0.39 is 0 Å². The first-order valence-corrected chi connectivity index (χ1v) is 10.7. The number of carbonyl (C=O) groups excluding carboxylic acids is 1. The maximum absolute atomic E-state index is 12.0. The average Bonchev–Trinajstić information content (AvgIpc) is 3.08. The molecule has 0 aromatic carbocycles. The number of hydrogen-bond acceptors (Lipinski definition) is 7. The van der Waals surface area contributed by atoms with E-state index in [0.29, 0.717) is 42.1 Å². The Morgan fingerprint density at radius 3 is 2.80 bits per heavy atom. The average molecular weight is 414 g/mol. The highest BCUT2D eigenvalue weighted by atomic mass is 16.5. The number of ether oxygens (including phenoxy) is 1. The Hall–Kier alpha value is -2.86. The summed E-state index contributed by atoms with van der Waals surface area (Å²) in [6.07, 6.45) is 5.47. The van der Waals surface area contributed by atoms with Gasteiger partial charge in [0.25, 0.3) is 0 Å². The molecule has 9 heteroatoms. The van der Waals surface area contributed by atoms with Gasteiger partial charge in [-0.15, -0.1) is 0 Å². The highest BCUT2D eigenvalue weighted by Crippen LogP contribution is 2.27. The Labute approximate surface area is 177 Å². The van der Waals surface area contributed by atoms with Crippen LogP contribution in [0.15, 0.2) is 0 Å². The number of carbonyl (C=O) groups is 1. The van der Waals surface area contributed by atoms with Crippen molar-refractivity contribution in [3.63, 3.8) is 0 Å². The fourth-order valence-electron chi connectivity index (χ4n) is 3.67. The molecule has 0 spiro atoms. The van der Waals surface area contributed by atoms with Gasteiger partial charge in [0, 0.05) is 25.2 Å². The van der Waals surface area contributed by atoms with Crippen LogP contribution in [0.4, 0.5) is 5.82 Å². The monoisotopic (exact) mass is 413 g/mol. The van der Waals surface area contributed by atoms with Crippen LogP contribution >= 0.6 is 0 Å². The third-order valence-corrected chi connectivity index (χ3v) is 5.46. The molecule has 9 nitrogen and oxygen atoms in total. The molecule has 1 aliphatic rings. The molecule has 0 unspecified atom stereocenters. The molecule has 0 bridgehead atoms. The molecule has 2 aromatic heterocycles. The predicted molar refractivity (Wildman–Crippen MR) is 115 cm³/mol. The van der Waals surface area contributed by atoms with E-state index in [1.54, 1.807) is 0 Å². The molecule has 3 heterocycles. The van der Waals surface area contributed by atoms with E-state index in [9.17, 15) is 10.1 Å². The summed E-state index contributed by atoms with van der Waals surface area (Å²) in [5.74, 6) is 0.498. The zero-order valence-electron chi connectivity index (χ0n) is 17.9. The number of nitrogens with two attached hydrogens (primary N) is 1. The first-order chi connectivity index (χ1) is 14.5. The molecule has 0 aliphatic carbocycles. The van der Waals surface area contributed by atoms with Crippen molar-refractivity contribution < 1.29 is 9.53 Å². The molecule has 2 aromatic rings. The lowest BCUT2D eigenvalue weighted by Gasteiger charge is -2.32. The smallest absolute Gasteiger partial charge is 0.319 e. The molecule has 1 fully saturated rings. The number of H-pyrrole nitrogens is 1. The van der Waals surface area contributed by atoms with Gasteiger partial charge < -0.3 is 20.4 Å². The van der Waals surface area contributed by atoms with Crippen LogP contribution in [0, 0.1) is 11.3 Å². The molecule has 3 rings (SSSR count). The number of nitrogens with zero attached hydrogens (tertiary/aromatic N) is 5. The van der Waals surface area contributed by atoms with Crippen molar-refractivity contribution in [3.8, 4) is 12.1 Å². The summed E-state index contributed by atoms with van der Waals surface area (Å²) in [4.78, 5) is 27.8. The Morgan fingerprint density at radius 1 is 1.23 bits per heavy atom. The summed E-state index contributed by atoms with van der Waals surface area (Å²) in [5.41, 5.74) is 8.66. The summed E-state index contributed by atoms with van der Waals surface area (Å²) in [5, 5.41) is 9.53. The van der Waals surface area contributed by atoms with Gasteiger partial charge in [-0.05, 0) is 32.7 Å². The Kier molecular flexibility index (Phi) is 7.46. The minimum Gasteiger partial charge on any atom is -0.463 e. The Balaban J connectivity index is 1.60. The van der Waals surface area contributed by atoms with Crippen molar-refractivity contribution in [3.05, 3.63) is 11.3 Å². The molecule has 3 N–H and O–H groups in total. The summed E-state index contributed by atoms with van der Waals surface area (Å²) in [6, 6.07) is 2.47. The fraction of sp³-hybridized carbons (Fsp3) is 0.619. The van der Waals surface area contributed by atoms with Gasteiger partial charge in [-0.2, -0.15) is 15.2 Å². The minimum atomic E-state index is 0.204. The number of nitrogens with one attached hydrogen (secondary N) is 1. The molecule has 0 saturated carbocycles. The van der Waals surface area contributed by atoms with E-state index in [1.807, 2.05) is 16.8 Å². The SMILES string of the molecule is CCCCOc1nc(N)c2[nH]c(C#N)c(CCCCCN3CCN(C)CC3=O)c2n1. The largest absolute Gasteiger partial charge is 0.463 e. The second-order valence-electron chi connectivity index (χ2n) is 7.84. The van der Waals surface area contributed by atoms with Gasteiger partial charge in [0.2, 0.25) is 5.91 Å². The standard InChI is InChI=1S/C21H31N7O2/c1-3-4-12-30-21-25-18-15(16(13-22)24-19(18)20(23)26-21)8-6-5-7-9-28-11-10-27(2)14-17(28)29/h24H,3-12,14H2,1-2H3,(H2,23,25,26). The van der Waals surface area contributed by atoms with E-state index >= 15 is 0 Å². The summed E-state index contributed by atoms with van der Waals surface area (Å²) >= 11 is 0. The molecule has 1 aliphatic heterocycles. The van der Waals surface area contributed by atoms with Crippen LogP contribution in [0.5, 0.6) is 6.01 Å². The highest BCUT2D eigenvalue weighted by Gasteiger charge is 2.21. The van der Waals surface area contributed by atoms with Crippen LogP contribution in [-0.4, -0.2) is 70.5 Å². The zero-order valence-corrected chi connectivity index (χ0v) is 17.9. The van der Waals surface area contributed by atoms with Crippen molar-refractivity contribution in [2.24, 2.45) is 0 Å². The number of amides is 1. The van der Waals surface area contributed by atoms with Crippen LogP contribution < -0.4 is 10.5 Å². The summed E-state index contributed by atoms with van der Waals surface area (Å²) in [7, 11) is 1.97. The van der Waals surface area contributed by atoms with Crippen molar-refractivity contribution in [2.45, 2.75) is 45.4 Å². The zero-order chi connectivity index (χ0) is 21.5. The van der Waals surface area contributed by atoms with Crippen molar-refractivity contribution in [2.75, 3.05) is 45.6 Å². The third-order valence-electron chi connectivity index (χ3n) is 5.46. The lowest BCUT2D eigenvalue weighted by molar-refractivity contribution is -0.135. The van der Waals surface area contributed by atoms with Crippen LogP contribution in [0.3, 0.4) is 0 Å². The second kappa shape index (κ2) is 10.3. The first kappa shape index (κ1) is 21.8. The number of piperazine rings is 1. The summed E-state index contributed by atoms with van der Waals surface area (Å²) < 4.78 is 5.62. The normalized spacial score (nSPS) is 15.0. The van der Waals surface area contributed by atoms with E-state index in [-0.39, 0.29) is 11.9 Å². The van der Waals surface area contributed by atoms with E-state index in [1.165, 1.54) is 0 Å². The van der Waals surface area contributed by atoms with Crippen LogP contribution in [0.1, 0.15) is 50.3 Å². The molecule has 30 heavy (non-hydrogen) atoms. The lowest BCUT2D eigenvalue weighted by Crippen LogP contribution is -2.48. The maximum atomic E-state index is 12.0. The number of aromatic nitrogens is 3. The van der Waals surface area contributed by atoms with Crippen LogP contribution in [0.25, 0.3) is 11.0 Å². The molecule has 0 atom stereocenters. The maximum Gasteiger partial charge on any atom is 0.319 e. The number of rotatable bonds is 10. The lowest BCUT2D eigenvalue weighted by atomic mass is 10.1. The van der Waals surface area contributed by atoms with E-state index in [0.717, 1.165) is 57.3 Å². The number of fused-ring (bicyclic) bond motifs is 1. The number of likely N-dealkylation sites (N-methyl/N-ethyl adjacent to an activating group) is 1. The van der Waals surface area contributed by atoms with Gasteiger partial charge in [0.1, 0.15) is 22.8 Å².